The van der Waals surface area contributed by atoms with Gasteiger partial charge in [0.2, 0.25) is 0 Å². The van der Waals surface area contributed by atoms with Gasteiger partial charge in [-0.05, 0) is 19.4 Å². The highest BCUT2D eigenvalue weighted by Crippen LogP contribution is 2.21. The molecule has 0 spiro atoms. The quantitative estimate of drug-likeness (QED) is 0.905. The Balaban J connectivity index is 1.73. The molecule has 2 heterocycles. The Morgan fingerprint density at radius 3 is 2.90 bits per heavy atom. The Kier molecular flexibility index (Phi) is 4.01. The van der Waals surface area contributed by atoms with Gasteiger partial charge >= 0.3 is 5.97 Å². The zero-order valence-electron chi connectivity index (χ0n) is 11.8. The van der Waals surface area contributed by atoms with Gasteiger partial charge < -0.3 is 10.1 Å². The molecule has 1 atom stereocenters. The van der Waals surface area contributed by atoms with Crippen LogP contribution < -0.4 is 0 Å². The summed E-state index contributed by atoms with van der Waals surface area (Å²) in [6, 6.07) is 9.55. The van der Waals surface area contributed by atoms with Gasteiger partial charge in [-0.1, -0.05) is 36.8 Å². The standard InChI is InChI=1S/C16H19N3O2/c20-16(21)14-8-4-5-9-19(14)11-13-10-17-15(18-13)12-6-2-1-3-7-12/h1-3,6-7,10,14H,4-5,8-9,11H2,(H,17,18)(H,20,21). The van der Waals surface area contributed by atoms with Crippen LogP contribution in [0.4, 0.5) is 0 Å². The predicted molar refractivity (Wildman–Crippen MR) is 79.7 cm³/mol. The molecule has 0 radical (unpaired) electrons. The van der Waals surface area contributed by atoms with E-state index in [1.165, 1.54) is 0 Å². The van der Waals surface area contributed by atoms with Crippen LogP contribution in [0.25, 0.3) is 11.4 Å². The van der Waals surface area contributed by atoms with Crippen molar-refractivity contribution >= 4 is 5.97 Å². The van der Waals surface area contributed by atoms with E-state index in [9.17, 15) is 9.90 Å². The minimum atomic E-state index is -0.725. The van der Waals surface area contributed by atoms with Gasteiger partial charge in [0, 0.05) is 24.0 Å². The zero-order valence-corrected chi connectivity index (χ0v) is 11.8. The van der Waals surface area contributed by atoms with Crippen molar-refractivity contribution in [3.05, 3.63) is 42.2 Å². The summed E-state index contributed by atoms with van der Waals surface area (Å²) in [7, 11) is 0. The Hall–Kier alpha value is -2.14. The molecule has 0 bridgehead atoms. The second-order valence-corrected chi connectivity index (χ2v) is 5.44. The maximum atomic E-state index is 11.3. The molecular formula is C16H19N3O2. The molecular weight excluding hydrogens is 266 g/mol. The number of piperidine rings is 1. The number of carboxylic acids is 1. The van der Waals surface area contributed by atoms with E-state index in [1.54, 1.807) is 6.20 Å². The van der Waals surface area contributed by atoms with Gasteiger partial charge in [-0.3, -0.25) is 9.69 Å². The van der Waals surface area contributed by atoms with E-state index < -0.39 is 5.97 Å². The Morgan fingerprint density at radius 1 is 1.33 bits per heavy atom. The Morgan fingerprint density at radius 2 is 2.14 bits per heavy atom. The highest BCUT2D eigenvalue weighted by Gasteiger charge is 2.28. The second kappa shape index (κ2) is 6.10. The highest BCUT2D eigenvalue weighted by atomic mass is 16.4. The summed E-state index contributed by atoms with van der Waals surface area (Å²) < 4.78 is 0. The number of hydrogen-bond acceptors (Lipinski definition) is 3. The predicted octanol–water partition coefficient (Wildman–Crippen LogP) is 2.52. The van der Waals surface area contributed by atoms with Gasteiger partial charge in [0.05, 0.1) is 0 Å². The van der Waals surface area contributed by atoms with Crippen molar-refractivity contribution in [2.45, 2.75) is 31.8 Å². The highest BCUT2D eigenvalue weighted by molar-refractivity contribution is 5.73. The molecule has 1 aromatic carbocycles. The molecule has 0 aliphatic carbocycles. The summed E-state index contributed by atoms with van der Waals surface area (Å²) in [4.78, 5) is 21.0. The van der Waals surface area contributed by atoms with Crippen molar-refractivity contribution < 1.29 is 9.90 Å². The summed E-state index contributed by atoms with van der Waals surface area (Å²) in [5, 5.41) is 9.30. The molecule has 0 amide bonds. The molecule has 2 aromatic rings. The number of rotatable bonds is 4. The number of benzene rings is 1. The van der Waals surface area contributed by atoms with E-state index in [1.807, 2.05) is 35.2 Å². The first-order valence-electron chi connectivity index (χ1n) is 7.30. The largest absolute Gasteiger partial charge is 0.480 e. The third-order valence-electron chi connectivity index (χ3n) is 3.95. The van der Waals surface area contributed by atoms with Crippen LogP contribution in [-0.2, 0) is 11.3 Å². The SMILES string of the molecule is O=C(O)C1CCCCN1Cc1cnc(-c2ccccc2)[nH]1. The average molecular weight is 285 g/mol. The number of aromatic nitrogens is 2. The molecule has 0 saturated carbocycles. The van der Waals surface area contributed by atoms with E-state index >= 15 is 0 Å². The van der Waals surface area contributed by atoms with Gasteiger partial charge in [0.25, 0.3) is 0 Å². The summed E-state index contributed by atoms with van der Waals surface area (Å²) in [6.45, 7) is 1.44. The summed E-state index contributed by atoms with van der Waals surface area (Å²) >= 11 is 0. The van der Waals surface area contributed by atoms with Crippen LogP contribution >= 0.6 is 0 Å². The monoisotopic (exact) mass is 285 g/mol. The molecule has 5 nitrogen and oxygen atoms in total. The number of nitrogens with one attached hydrogen (secondary N) is 1. The number of carboxylic acid groups (broad SMARTS) is 1. The molecule has 110 valence electrons. The molecule has 1 unspecified atom stereocenters. The first kappa shape index (κ1) is 13.8. The third-order valence-corrected chi connectivity index (χ3v) is 3.95. The molecule has 5 heteroatoms. The fraction of sp³-hybridized carbons (Fsp3) is 0.375. The van der Waals surface area contributed by atoms with Crippen molar-refractivity contribution in [3.63, 3.8) is 0 Å². The Labute approximate surface area is 123 Å². The first-order valence-corrected chi connectivity index (χ1v) is 7.30. The lowest BCUT2D eigenvalue weighted by molar-refractivity contribution is -0.144. The van der Waals surface area contributed by atoms with Gasteiger partial charge in [0.15, 0.2) is 0 Å². The van der Waals surface area contributed by atoms with Crippen LogP contribution in [-0.4, -0.2) is 38.5 Å². The lowest BCUT2D eigenvalue weighted by Gasteiger charge is -2.32. The molecule has 3 rings (SSSR count). The third kappa shape index (κ3) is 3.13. The van der Waals surface area contributed by atoms with Crippen LogP contribution in [0.3, 0.4) is 0 Å². The van der Waals surface area contributed by atoms with Crippen molar-refractivity contribution in [1.29, 1.82) is 0 Å². The number of hydrogen-bond donors (Lipinski definition) is 2. The smallest absolute Gasteiger partial charge is 0.320 e. The molecule has 1 aliphatic rings. The lowest BCUT2D eigenvalue weighted by atomic mass is 10.0. The minimum Gasteiger partial charge on any atom is -0.480 e. The minimum absolute atomic E-state index is 0.373. The normalized spacial score (nSPS) is 19.5. The number of likely N-dealkylation sites (tertiary alicyclic amines) is 1. The molecule has 1 aliphatic heterocycles. The van der Waals surface area contributed by atoms with Crippen molar-refractivity contribution in [2.24, 2.45) is 0 Å². The molecule has 1 fully saturated rings. The van der Waals surface area contributed by atoms with Gasteiger partial charge in [-0.15, -0.1) is 0 Å². The number of carbonyl (C=O) groups is 1. The number of aromatic amines is 1. The van der Waals surface area contributed by atoms with Crippen LogP contribution in [0.2, 0.25) is 0 Å². The zero-order chi connectivity index (χ0) is 14.7. The van der Waals surface area contributed by atoms with Crippen molar-refractivity contribution in [3.8, 4) is 11.4 Å². The number of H-pyrrole nitrogens is 1. The van der Waals surface area contributed by atoms with E-state index in [0.717, 1.165) is 42.9 Å². The molecule has 2 N–H and O–H groups in total. The van der Waals surface area contributed by atoms with Crippen LogP contribution in [0.5, 0.6) is 0 Å². The summed E-state index contributed by atoms with van der Waals surface area (Å²) in [6.07, 6.45) is 4.58. The Bertz CT molecular complexity index is 609. The van der Waals surface area contributed by atoms with Crippen LogP contribution in [0, 0.1) is 0 Å². The number of aliphatic carboxylic acids is 1. The van der Waals surface area contributed by atoms with E-state index in [-0.39, 0.29) is 6.04 Å². The van der Waals surface area contributed by atoms with Gasteiger partial charge in [0.1, 0.15) is 11.9 Å². The molecule has 21 heavy (non-hydrogen) atoms. The van der Waals surface area contributed by atoms with Crippen LogP contribution in [0.15, 0.2) is 36.5 Å². The first-order chi connectivity index (χ1) is 10.2. The van der Waals surface area contributed by atoms with Crippen LogP contribution in [0.1, 0.15) is 25.0 Å². The maximum Gasteiger partial charge on any atom is 0.320 e. The lowest BCUT2D eigenvalue weighted by Crippen LogP contribution is -2.44. The fourth-order valence-corrected chi connectivity index (χ4v) is 2.86. The number of imidazole rings is 1. The molecule has 1 aromatic heterocycles. The van der Waals surface area contributed by atoms with E-state index in [0.29, 0.717) is 6.54 Å². The molecule has 1 saturated heterocycles. The number of nitrogens with zero attached hydrogens (tertiary/aromatic N) is 2. The fourth-order valence-electron chi connectivity index (χ4n) is 2.86. The van der Waals surface area contributed by atoms with Gasteiger partial charge in [-0.2, -0.15) is 0 Å². The average Bonchev–Trinajstić information content (AvgIpc) is 2.97. The summed E-state index contributed by atoms with van der Waals surface area (Å²) in [5.74, 6) is 0.104. The van der Waals surface area contributed by atoms with E-state index in [2.05, 4.69) is 9.97 Å². The summed E-state index contributed by atoms with van der Waals surface area (Å²) in [5.41, 5.74) is 2.00. The van der Waals surface area contributed by atoms with Crippen molar-refractivity contribution in [2.75, 3.05) is 6.54 Å². The van der Waals surface area contributed by atoms with E-state index in [4.69, 9.17) is 0 Å². The van der Waals surface area contributed by atoms with Gasteiger partial charge in [-0.25, -0.2) is 4.98 Å². The van der Waals surface area contributed by atoms with Crippen molar-refractivity contribution in [1.82, 2.24) is 14.9 Å². The maximum absolute atomic E-state index is 11.3. The topological polar surface area (TPSA) is 69.2 Å². The second-order valence-electron chi connectivity index (χ2n) is 5.44.